The molecule has 0 saturated heterocycles. The van der Waals surface area contributed by atoms with Crippen LogP contribution in [0.4, 0.5) is 0 Å². The second kappa shape index (κ2) is 7.76. The van der Waals surface area contributed by atoms with Gasteiger partial charge in [0.05, 0.1) is 5.41 Å². The molecule has 0 aliphatic heterocycles. The van der Waals surface area contributed by atoms with E-state index < -0.39 is 0 Å². The monoisotopic (exact) mass is 384 g/mol. The van der Waals surface area contributed by atoms with Gasteiger partial charge in [0.2, 0.25) is 5.91 Å². The number of amides is 2. The van der Waals surface area contributed by atoms with Gasteiger partial charge in [-0.25, -0.2) is 0 Å². The maximum Gasteiger partial charge on any atom is 0.276 e. The van der Waals surface area contributed by atoms with E-state index in [9.17, 15) is 9.59 Å². The summed E-state index contributed by atoms with van der Waals surface area (Å²) in [4.78, 5) is 25.1. The van der Waals surface area contributed by atoms with Gasteiger partial charge in [-0.3, -0.25) is 20.4 Å². The number of ether oxygens (including phenoxy) is 1. The SMILES string of the molecule is CC[C@@H](C)c1ccccc1OCC(=O)NNC(=O)C12CC3CC(CC(C3)C1)C2. The van der Waals surface area contributed by atoms with Crippen molar-refractivity contribution in [2.75, 3.05) is 6.61 Å². The van der Waals surface area contributed by atoms with Gasteiger partial charge in [0.15, 0.2) is 6.61 Å². The molecule has 2 amide bonds. The number of para-hydroxylation sites is 1. The van der Waals surface area contributed by atoms with Crippen LogP contribution < -0.4 is 15.6 Å². The minimum absolute atomic E-state index is 0.0000413. The van der Waals surface area contributed by atoms with Crippen molar-refractivity contribution in [3.8, 4) is 5.75 Å². The lowest BCUT2D eigenvalue weighted by Gasteiger charge is -2.55. The van der Waals surface area contributed by atoms with Crippen LogP contribution >= 0.6 is 0 Å². The van der Waals surface area contributed by atoms with Gasteiger partial charge in [-0.2, -0.15) is 0 Å². The summed E-state index contributed by atoms with van der Waals surface area (Å²) in [6.07, 6.45) is 7.85. The van der Waals surface area contributed by atoms with Crippen molar-refractivity contribution in [2.24, 2.45) is 23.2 Å². The van der Waals surface area contributed by atoms with Crippen LogP contribution in [0.25, 0.3) is 0 Å². The predicted octanol–water partition coefficient (Wildman–Crippen LogP) is 3.94. The van der Waals surface area contributed by atoms with Gasteiger partial charge in [-0.05, 0) is 80.2 Å². The van der Waals surface area contributed by atoms with Gasteiger partial charge in [0.25, 0.3) is 5.91 Å². The molecule has 1 aromatic rings. The number of hydrogen-bond acceptors (Lipinski definition) is 3. The smallest absolute Gasteiger partial charge is 0.276 e. The summed E-state index contributed by atoms with van der Waals surface area (Å²) in [5, 5.41) is 0. The summed E-state index contributed by atoms with van der Waals surface area (Å²) in [5.41, 5.74) is 6.13. The second-order valence-electron chi connectivity index (χ2n) is 9.34. The molecular formula is C23H32N2O3. The fourth-order valence-electron chi connectivity index (χ4n) is 6.07. The quantitative estimate of drug-likeness (QED) is 0.730. The van der Waals surface area contributed by atoms with Crippen molar-refractivity contribution in [2.45, 2.75) is 64.7 Å². The number of carbonyl (C=O) groups excluding carboxylic acids is 2. The first-order chi connectivity index (χ1) is 13.5. The molecule has 5 heteroatoms. The molecule has 0 radical (unpaired) electrons. The zero-order valence-corrected chi connectivity index (χ0v) is 17.0. The first-order valence-electron chi connectivity index (χ1n) is 10.8. The highest BCUT2D eigenvalue weighted by Gasteiger charge is 2.54. The Balaban J connectivity index is 1.29. The lowest BCUT2D eigenvalue weighted by Crippen LogP contribution is -2.57. The fraction of sp³-hybridized carbons (Fsp3) is 0.652. The molecule has 28 heavy (non-hydrogen) atoms. The van der Waals surface area contributed by atoms with Crippen molar-refractivity contribution >= 4 is 11.8 Å². The third-order valence-electron chi connectivity index (χ3n) is 7.26. The number of benzene rings is 1. The second-order valence-corrected chi connectivity index (χ2v) is 9.34. The van der Waals surface area contributed by atoms with E-state index in [0.717, 1.165) is 37.0 Å². The van der Waals surface area contributed by atoms with E-state index in [1.807, 2.05) is 24.3 Å². The molecule has 1 aromatic carbocycles. The molecule has 4 aliphatic carbocycles. The van der Waals surface area contributed by atoms with E-state index in [-0.39, 0.29) is 23.8 Å². The van der Waals surface area contributed by atoms with Crippen LogP contribution in [0.5, 0.6) is 5.75 Å². The van der Waals surface area contributed by atoms with Crippen LogP contribution in [0.15, 0.2) is 24.3 Å². The van der Waals surface area contributed by atoms with Crippen molar-refractivity contribution in [1.29, 1.82) is 0 Å². The van der Waals surface area contributed by atoms with Gasteiger partial charge in [-0.15, -0.1) is 0 Å². The molecule has 5 nitrogen and oxygen atoms in total. The molecular weight excluding hydrogens is 352 g/mol. The maximum atomic E-state index is 12.9. The Labute approximate surface area is 167 Å². The topological polar surface area (TPSA) is 67.4 Å². The normalized spacial score (nSPS) is 31.3. The number of carbonyl (C=O) groups is 2. The molecule has 5 rings (SSSR count). The van der Waals surface area contributed by atoms with E-state index in [0.29, 0.717) is 23.7 Å². The van der Waals surface area contributed by atoms with Crippen molar-refractivity contribution in [3.63, 3.8) is 0 Å². The van der Waals surface area contributed by atoms with E-state index >= 15 is 0 Å². The Hall–Kier alpha value is -2.04. The summed E-state index contributed by atoms with van der Waals surface area (Å²) < 4.78 is 5.74. The molecule has 4 saturated carbocycles. The number of rotatable bonds is 6. The van der Waals surface area contributed by atoms with Gasteiger partial charge in [0, 0.05) is 0 Å². The highest BCUT2D eigenvalue weighted by molar-refractivity contribution is 5.86. The van der Waals surface area contributed by atoms with E-state index in [4.69, 9.17) is 4.74 Å². The maximum absolute atomic E-state index is 12.9. The van der Waals surface area contributed by atoms with Crippen molar-refractivity contribution in [1.82, 2.24) is 10.9 Å². The van der Waals surface area contributed by atoms with Gasteiger partial charge < -0.3 is 4.74 Å². The van der Waals surface area contributed by atoms with Crippen LogP contribution in [-0.2, 0) is 9.59 Å². The first-order valence-corrected chi connectivity index (χ1v) is 10.8. The van der Waals surface area contributed by atoms with E-state index in [1.54, 1.807) is 0 Å². The van der Waals surface area contributed by atoms with Gasteiger partial charge in [-0.1, -0.05) is 32.0 Å². The Morgan fingerprint density at radius 2 is 1.68 bits per heavy atom. The predicted molar refractivity (Wildman–Crippen MR) is 108 cm³/mol. The van der Waals surface area contributed by atoms with Crippen molar-refractivity contribution < 1.29 is 14.3 Å². The molecule has 4 aliphatic rings. The van der Waals surface area contributed by atoms with E-state index in [2.05, 4.69) is 24.7 Å². The lowest BCUT2D eigenvalue weighted by atomic mass is 9.49. The number of hydrogen-bond donors (Lipinski definition) is 2. The molecule has 4 fully saturated rings. The van der Waals surface area contributed by atoms with Crippen LogP contribution in [-0.4, -0.2) is 18.4 Å². The summed E-state index contributed by atoms with van der Waals surface area (Å²) in [6.45, 7) is 4.18. The average Bonchev–Trinajstić information content (AvgIpc) is 2.69. The molecule has 1 atom stereocenters. The first kappa shape index (κ1) is 19.3. The summed E-state index contributed by atoms with van der Waals surface area (Å²) in [6, 6.07) is 7.83. The van der Waals surface area contributed by atoms with Crippen LogP contribution in [0, 0.1) is 23.2 Å². The summed E-state index contributed by atoms with van der Waals surface area (Å²) in [7, 11) is 0. The molecule has 4 bridgehead atoms. The van der Waals surface area contributed by atoms with Crippen molar-refractivity contribution in [3.05, 3.63) is 29.8 Å². The standard InChI is InChI=1S/C23H32N2O3/c1-3-15(2)19-6-4-5-7-20(19)28-14-21(26)24-25-22(27)23-11-16-8-17(12-23)10-18(9-16)13-23/h4-7,15-18H,3,8-14H2,1-2H3,(H,24,26)(H,25,27)/t15-,16?,17?,18?,23?/m1/s1. The zero-order chi connectivity index (χ0) is 19.7. The lowest BCUT2D eigenvalue weighted by molar-refractivity contribution is -0.149. The Bertz CT molecular complexity index is 710. The summed E-state index contributed by atoms with van der Waals surface area (Å²) in [5.74, 6) is 2.89. The molecule has 0 spiro atoms. The highest BCUT2D eigenvalue weighted by atomic mass is 16.5. The highest BCUT2D eigenvalue weighted by Crippen LogP contribution is 2.60. The minimum atomic E-state index is -0.322. The zero-order valence-electron chi connectivity index (χ0n) is 17.0. The van der Waals surface area contributed by atoms with Crippen LogP contribution in [0.3, 0.4) is 0 Å². The summed E-state index contributed by atoms with van der Waals surface area (Å²) >= 11 is 0. The molecule has 0 unspecified atom stereocenters. The largest absolute Gasteiger partial charge is 0.483 e. The molecule has 0 aromatic heterocycles. The third kappa shape index (κ3) is 3.76. The van der Waals surface area contributed by atoms with E-state index in [1.165, 1.54) is 19.3 Å². The number of hydrazine groups is 1. The molecule has 2 N–H and O–H groups in total. The minimum Gasteiger partial charge on any atom is -0.483 e. The van der Waals surface area contributed by atoms with Gasteiger partial charge in [0.1, 0.15) is 5.75 Å². The Morgan fingerprint density at radius 1 is 1.07 bits per heavy atom. The third-order valence-corrected chi connectivity index (χ3v) is 7.26. The Morgan fingerprint density at radius 3 is 2.29 bits per heavy atom. The fourth-order valence-corrected chi connectivity index (χ4v) is 6.07. The van der Waals surface area contributed by atoms with Gasteiger partial charge >= 0.3 is 0 Å². The molecule has 0 heterocycles. The average molecular weight is 385 g/mol. The van der Waals surface area contributed by atoms with Crippen LogP contribution in [0.2, 0.25) is 0 Å². The van der Waals surface area contributed by atoms with Crippen LogP contribution in [0.1, 0.15) is 70.3 Å². The number of nitrogens with one attached hydrogen (secondary N) is 2. The Kier molecular flexibility index (Phi) is 5.35. The molecule has 152 valence electrons.